The molecule has 6 nitrogen and oxygen atoms in total. The molecule has 0 atom stereocenters. The van der Waals surface area contributed by atoms with Gasteiger partial charge in [0.2, 0.25) is 10.0 Å². The van der Waals surface area contributed by atoms with Crippen molar-refractivity contribution in [2.24, 2.45) is 16.0 Å². The fourth-order valence-electron chi connectivity index (χ4n) is 2.20. The third-order valence-corrected chi connectivity index (χ3v) is 4.10. The van der Waals surface area contributed by atoms with Gasteiger partial charge < -0.3 is 10.6 Å². The van der Waals surface area contributed by atoms with Crippen molar-refractivity contribution in [1.29, 1.82) is 0 Å². The highest BCUT2D eigenvalue weighted by molar-refractivity contribution is 7.89. The molecule has 1 fully saturated rings. The summed E-state index contributed by atoms with van der Waals surface area (Å²) in [6, 6.07) is 0.434. The zero-order valence-electron chi connectivity index (χ0n) is 11.9. The van der Waals surface area contributed by atoms with Crippen molar-refractivity contribution in [3.8, 4) is 0 Å². The average molecular weight is 290 g/mol. The molecule has 0 bridgehead atoms. The molecule has 1 rings (SSSR count). The van der Waals surface area contributed by atoms with Gasteiger partial charge >= 0.3 is 0 Å². The van der Waals surface area contributed by atoms with E-state index >= 15 is 0 Å². The predicted octanol–water partition coefficient (Wildman–Crippen LogP) is 0.409. The number of aliphatic imine (C=N–C) groups is 1. The van der Waals surface area contributed by atoms with E-state index in [4.69, 9.17) is 5.14 Å². The number of rotatable bonds is 5. The van der Waals surface area contributed by atoms with Crippen molar-refractivity contribution in [2.45, 2.75) is 45.6 Å². The molecule has 1 aliphatic rings. The van der Waals surface area contributed by atoms with Crippen LogP contribution in [-0.4, -0.2) is 39.3 Å². The minimum atomic E-state index is -3.44. The molecule has 0 spiro atoms. The van der Waals surface area contributed by atoms with Crippen molar-refractivity contribution in [2.75, 3.05) is 18.8 Å². The van der Waals surface area contributed by atoms with Crippen molar-refractivity contribution >= 4 is 16.0 Å². The van der Waals surface area contributed by atoms with Gasteiger partial charge in [-0.3, -0.25) is 4.99 Å². The standard InChI is InChI=1S/C12H26N4O2S/c1-3-14-12(15-8-9-19(13,17)18)16-11-6-4-10(2)5-7-11/h10-11H,3-9H2,1-2H3,(H2,13,17,18)(H2,14,15,16). The van der Waals surface area contributed by atoms with Gasteiger partial charge in [-0.15, -0.1) is 0 Å². The first kappa shape index (κ1) is 16.2. The van der Waals surface area contributed by atoms with E-state index in [1.54, 1.807) is 0 Å². The van der Waals surface area contributed by atoms with Crippen molar-refractivity contribution in [3.05, 3.63) is 0 Å². The number of primary sulfonamides is 1. The second-order valence-corrected chi connectivity index (χ2v) is 6.96. The zero-order chi connectivity index (χ0) is 14.3. The molecule has 1 saturated carbocycles. The average Bonchev–Trinajstić information content (AvgIpc) is 2.30. The Morgan fingerprint density at radius 2 is 1.95 bits per heavy atom. The van der Waals surface area contributed by atoms with Crippen molar-refractivity contribution in [1.82, 2.24) is 10.6 Å². The van der Waals surface area contributed by atoms with Crippen LogP contribution < -0.4 is 15.8 Å². The number of hydrogen-bond donors (Lipinski definition) is 3. The molecular formula is C12H26N4O2S. The van der Waals surface area contributed by atoms with Crippen LogP contribution >= 0.6 is 0 Å². The monoisotopic (exact) mass is 290 g/mol. The van der Waals surface area contributed by atoms with Crippen LogP contribution in [0.2, 0.25) is 0 Å². The summed E-state index contributed by atoms with van der Waals surface area (Å²) in [5.41, 5.74) is 0. The van der Waals surface area contributed by atoms with Crippen LogP contribution in [0, 0.1) is 5.92 Å². The lowest BCUT2D eigenvalue weighted by Gasteiger charge is -2.28. The molecule has 7 heteroatoms. The van der Waals surface area contributed by atoms with Crippen LogP contribution in [0.4, 0.5) is 0 Å². The third kappa shape index (κ3) is 7.37. The van der Waals surface area contributed by atoms with Gasteiger partial charge in [0, 0.05) is 12.6 Å². The van der Waals surface area contributed by atoms with Crippen LogP contribution in [0.1, 0.15) is 39.5 Å². The van der Waals surface area contributed by atoms with Crippen molar-refractivity contribution in [3.63, 3.8) is 0 Å². The quantitative estimate of drug-likeness (QED) is 0.504. The Kier molecular flexibility index (Phi) is 6.57. The molecule has 19 heavy (non-hydrogen) atoms. The number of nitrogens with zero attached hydrogens (tertiary/aromatic N) is 1. The molecule has 0 saturated heterocycles. The Bertz CT molecular complexity index is 387. The molecule has 0 radical (unpaired) electrons. The van der Waals surface area contributed by atoms with E-state index < -0.39 is 10.0 Å². The van der Waals surface area contributed by atoms with Gasteiger partial charge in [-0.25, -0.2) is 13.6 Å². The Hall–Kier alpha value is -0.820. The lowest BCUT2D eigenvalue weighted by molar-refractivity contribution is 0.329. The number of nitrogens with one attached hydrogen (secondary N) is 2. The smallest absolute Gasteiger partial charge is 0.210 e. The summed E-state index contributed by atoms with van der Waals surface area (Å²) < 4.78 is 21.7. The van der Waals surface area contributed by atoms with E-state index in [0.717, 1.165) is 25.3 Å². The van der Waals surface area contributed by atoms with Crippen LogP contribution in [-0.2, 0) is 10.0 Å². The molecule has 0 aromatic heterocycles. The van der Waals surface area contributed by atoms with Gasteiger partial charge in [-0.1, -0.05) is 6.92 Å². The Balaban J connectivity index is 2.45. The summed E-state index contributed by atoms with van der Waals surface area (Å²) >= 11 is 0. The van der Waals surface area contributed by atoms with E-state index in [2.05, 4.69) is 22.5 Å². The molecule has 0 unspecified atom stereocenters. The van der Waals surface area contributed by atoms with Gasteiger partial charge in [-0.2, -0.15) is 0 Å². The first-order valence-corrected chi connectivity index (χ1v) is 8.67. The first-order chi connectivity index (χ1) is 8.90. The molecule has 0 aliphatic heterocycles. The van der Waals surface area contributed by atoms with Crippen molar-refractivity contribution < 1.29 is 8.42 Å². The molecule has 0 aromatic carbocycles. The van der Waals surface area contributed by atoms with E-state index in [1.165, 1.54) is 12.8 Å². The van der Waals surface area contributed by atoms with E-state index in [-0.39, 0.29) is 12.3 Å². The number of hydrogen-bond acceptors (Lipinski definition) is 3. The molecule has 112 valence electrons. The SMILES string of the molecule is CCNC(=NCCS(N)(=O)=O)NC1CCC(C)CC1. The van der Waals surface area contributed by atoms with Gasteiger partial charge in [0.25, 0.3) is 0 Å². The summed E-state index contributed by atoms with van der Waals surface area (Å²) in [6.45, 7) is 5.21. The molecule has 1 aliphatic carbocycles. The highest BCUT2D eigenvalue weighted by atomic mass is 32.2. The fraction of sp³-hybridized carbons (Fsp3) is 0.917. The normalized spacial score (nSPS) is 25.1. The van der Waals surface area contributed by atoms with Gasteiger partial charge in [0.1, 0.15) is 0 Å². The van der Waals surface area contributed by atoms with Crippen LogP contribution in [0.3, 0.4) is 0 Å². The van der Waals surface area contributed by atoms with E-state index in [0.29, 0.717) is 12.0 Å². The Morgan fingerprint density at radius 3 is 2.47 bits per heavy atom. The minimum Gasteiger partial charge on any atom is -0.357 e. The first-order valence-electron chi connectivity index (χ1n) is 6.96. The minimum absolute atomic E-state index is 0.120. The lowest BCUT2D eigenvalue weighted by Crippen LogP contribution is -2.45. The van der Waals surface area contributed by atoms with Gasteiger partial charge in [-0.05, 0) is 38.5 Å². The van der Waals surface area contributed by atoms with Crippen LogP contribution in [0.15, 0.2) is 4.99 Å². The summed E-state index contributed by atoms with van der Waals surface area (Å²) in [5.74, 6) is 1.37. The molecule has 0 aromatic rings. The Morgan fingerprint density at radius 1 is 1.32 bits per heavy atom. The fourth-order valence-corrected chi connectivity index (χ4v) is 2.55. The van der Waals surface area contributed by atoms with E-state index in [1.807, 2.05) is 6.92 Å². The summed E-state index contributed by atoms with van der Waals surface area (Å²) in [5, 5.41) is 11.5. The Labute approximate surface area is 116 Å². The highest BCUT2D eigenvalue weighted by Crippen LogP contribution is 2.23. The third-order valence-electron chi connectivity index (χ3n) is 3.35. The second-order valence-electron chi connectivity index (χ2n) is 5.23. The summed E-state index contributed by atoms with van der Waals surface area (Å²) in [6.07, 6.45) is 4.74. The number of sulfonamides is 1. The lowest BCUT2D eigenvalue weighted by atomic mass is 9.87. The molecule has 0 amide bonds. The molecular weight excluding hydrogens is 264 g/mol. The topological polar surface area (TPSA) is 96.6 Å². The predicted molar refractivity (Wildman–Crippen MR) is 78.5 cm³/mol. The van der Waals surface area contributed by atoms with E-state index in [9.17, 15) is 8.42 Å². The van der Waals surface area contributed by atoms with Crippen LogP contribution in [0.5, 0.6) is 0 Å². The molecule has 0 heterocycles. The number of nitrogens with two attached hydrogens (primary N) is 1. The summed E-state index contributed by atoms with van der Waals surface area (Å²) in [4.78, 5) is 4.25. The second kappa shape index (κ2) is 7.69. The maximum atomic E-state index is 10.9. The van der Waals surface area contributed by atoms with Gasteiger partial charge in [0.05, 0.1) is 12.3 Å². The maximum Gasteiger partial charge on any atom is 0.210 e. The molecule has 4 N–H and O–H groups in total. The highest BCUT2D eigenvalue weighted by Gasteiger charge is 2.18. The number of guanidine groups is 1. The maximum absolute atomic E-state index is 10.9. The summed E-state index contributed by atoms with van der Waals surface area (Å²) in [7, 11) is -3.44. The van der Waals surface area contributed by atoms with Gasteiger partial charge in [0.15, 0.2) is 5.96 Å². The zero-order valence-corrected chi connectivity index (χ0v) is 12.7. The largest absolute Gasteiger partial charge is 0.357 e. The van der Waals surface area contributed by atoms with Crippen LogP contribution in [0.25, 0.3) is 0 Å².